The highest BCUT2D eigenvalue weighted by Crippen LogP contribution is 2.39. The van der Waals surface area contributed by atoms with Gasteiger partial charge in [0.05, 0.1) is 26.8 Å². The average Bonchev–Trinajstić information content (AvgIpc) is 3.25. The lowest BCUT2D eigenvalue weighted by atomic mass is 9.96. The van der Waals surface area contributed by atoms with Crippen LogP contribution in [0.5, 0.6) is 11.5 Å². The minimum absolute atomic E-state index is 0.0543. The molecule has 0 bridgehead atoms. The predicted octanol–water partition coefficient (Wildman–Crippen LogP) is 4.21. The standard InChI is InChI=1S/C24H30N2O3/c1-17-10-11-18-7-4-5-8-21(18)26(17)16-24(27)25-14-6-9-22(25)20-13-12-19(28-2)15-23(20)29-3/h4-5,7-8,12-13,15,17,22H,6,9-11,14,16H2,1-3H3. The predicted molar refractivity (Wildman–Crippen MR) is 115 cm³/mol. The molecule has 29 heavy (non-hydrogen) atoms. The van der Waals surface area contributed by atoms with Gasteiger partial charge in [-0.1, -0.05) is 18.2 Å². The number of anilines is 1. The summed E-state index contributed by atoms with van der Waals surface area (Å²) < 4.78 is 10.9. The third-order valence-electron chi connectivity index (χ3n) is 6.34. The summed E-state index contributed by atoms with van der Waals surface area (Å²) in [5.41, 5.74) is 3.61. The van der Waals surface area contributed by atoms with Gasteiger partial charge in [0, 0.05) is 29.9 Å². The topological polar surface area (TPSA) is 42.0 Å². The minimum Gasteiger partial charge on any atom is -0.497 e. The number of para-hydroxylation sites is 1. The second kappa shape index (κ2) is 8.36. The fourth-order valence-corrected chi connectivity index (χ4v) is 4.72. The van der Waals surface area contributed by atoms with Gasteiger partial charge in [0.25, 0.3) is 0 Å². The maximum absolute atomic E-state index is 13.4. The molecule has 154 valence electrons. The smallest absolute Gasteiger partial charge is 0.242 e. The Kier molecular flexibility index (Phi) is 5.65. The fourth-order valence-electron chi connectivity index (χ4n) is 4.72. The number of likely N-dealkylation sites (tertiary alicyclic amines) is 1. The van der Waals surface area contributed by atoms with Crippen molar-refractivity contribution >= 4 is 11.6 Å². The molecule has 2 aromatic carbocycles. The molecule has 0 spiro atoms. The van der Waals surface area contributed by atoms with Crippen molar-refractivity contribution in [1.82, 2.24) is 4.90 Å². The van der Waals surface area contributed by atoms with Crippen LogP contribution < -0.4 is 14.4 Å². The van der Waals surface area contributed by atoms with Crippen LogP contribution in [0.25, 0.3) is 0 Å². The molecule has 2 aromatic rings. The van der Waals surface area contributed by atoms with Crippen molar-refractivity contribution in [2.45, 2.75) is 44.7 Å². The van der Waals surface area contributed by atoms with Gasteiger partial charge in [-0.2, -0.15) is 0 Å². The van der Waals surface area contributed by atoms with Gasteiger partial charge in [0.15, 0.2) is 0 Å². The number of carbonyl (C=O) groups excluding carboxylic acids is 1. The molecular weight excluding hydrogens is 364 g/mol. The van der Waals surface area contributed by atoms with Crippen LogP contribution in [0.3, 0.4) is 0 Å². The van der Waals surface area contributed by atoms with Gasteiger partial charge in [-0.3, -0.25) is 4.79 Å². The van der Waals surface area contributed by atoms with Gasteiger partial charge in [0.2, 0.25) is 5.91 Å². The van der Waals surface area contributed by atoms with Crippen molar-refractivity contribution in [3.63, 3.8) is 0 Å². The van der Waals surface area contributed by atoms with E-state index in [4.69, 9.17) is 9.47 Å². The molecule has 0 saturated carbocycles. The Morgan fingerprint density at radius 3 is 2.72 bits per heavy atom. The summed E-state index contributed by atoms with van der Waals surface area (Å²) in [6.45, 7) is 3.44. The first-order valence-electron chi connectivity index (χ1n) is 10.5. The molecule has 1 saturated heterocycles. The Hall–Kier alpha value is -2.69. The van der Waals surface area contributed by atoms with E-state index in [2.05, 4.69) is 36.1 Å². The van der Waals surface area contributed by atoms with Crippen LogP contribution in [0.1, 0.15) is 43.4 Å². The number of benzene rings is 2. The second-order valence-corrected chi connectivity index (χ2v) is 8.00. The molecule has 2 heterocycles. The highest BCUT2D eigenvalue weighted by atomic mass is 16.5. The van der Waals surface area contributed by atoms with Gasteiger partial charge >= 0.3 is 0 Å². The maximum Gasteiger partial charge on any atom is 0.242 e. The van der Waals surface area contributed by atoms with E-state index >= 15 is 0 Å². The molecule has 2 atom stereocenters. The average molecular weight is 395 g/mol. The highest BCUT2D eigenvalue weighted by Gasteiger charge is 2.34. The number of ether oxygens (including phenoxy) is 2. The fraction of sp³-hybridized carbons (Fsp3) is 0.458. The van der Waals surface area contributed by atoms with E-state index < -0.39 is 0 Å². The number of aryl methyl sites for hydroxylation is 1. The molecule has 0 aromatic heterocycles. The molecular formula is C24H30N2O3. The zero-order chi connectivity index (χ0) is 20.4. The number of hydrogen-bond donors (Lipinski definition) is 0. The lowest BCUT2D eigenvalue weighted by Crippen LogP contribution is -2.45. The number of hydrogen-bond acceptors (Lipinski definition) is 4. The quantitative estimate of drug-likeness (QED) is 0.762. The molecule has 2 unspecified atom stereocenters. The first-order valence-corrected chi connectivity index (χ1v) is 10.5. The van der Waals surface area contributed by atoms with Crippen molar-refractivity contribution in [2.75, 3.05) is 32.2 Å². The minimum atomic E-state index is 0.0543. The molecule has 1 amide bonds. The van der Waals surface area contributed by atoms with Crippen LogP contribution in [0.4, 0.5) is 5.69 Å². The number of rotatable bonds is 5. The van der Waals surface area contributed by atoms with E-state index in [1.807, 2.05) is 23.1 Å². The normalized spacial score (nSPS) is 21.1. The summed E-state index contributed by atoms with van der Waals surface area (Å²) >= 11 is 0. The van der Waals surface area contributed by atoms with Crippen LogP contribution in [-0.4, -0.2) is 44.2 Å². The maximum atomic E-state index is 13.4. The van der Waals surface area contributed by atoms with E-state index in [-0.39, 0.29) is 11.9 Å². The van der Waals surface area contributed by atoms with Crippen molar-refractivity contribution in [3.05, 3.63) is 53.6 Å². The largest absolute Gasteiger partial charge is 0.497 e. The van der Waals surface area contributed by atoms with E-state index in [1.54, 1.807) is 14.2 Å². The Labute approximate surface area is 173 Å². The number of fused-ring (bicyclic) bond motifs is 1. The van der Waals surface area contributed by atoms with Crippen LogP contribution >= 0.6 is 0 Å². The molecule has 0 N–H and O–H groups in total. The van der Waals surface area contributed by atoms with E-state index in [1.165, 1.54) is 11.3 Å². The highest BCUT2D eigenvalue weighted by molar-refractivity contribution is 5.83. The first-order chi connectivity index (χ1) is 14.1. The summed E-state index contributed by atoms with van der Waals surface area (Å²) in [7, 11) is 3.32. The van der Waals surface area contributed by atoms with Crippen molar-refractivity contribution in [2.24, 2.45) is 0 Å². The number of methoxy groups -OCH3 is 2. The SMILES string of the molecule is COc1ccc(C2CCCN2C(=O)CN2c3ccccc3CCC2C)c(OC)c1. The summed E-state index contributed by atoms with van der Waals surface area (Å²) in [5.74, 6) is 1.74. The molecule has 5 nitrogen and oxygen atoms in total. The van der Waals surface area contributed by atoms with Gasteiger partial charge in [-0.15, -0.1) is 0 Å². The molecule has 2 aliphatic rings. The summed E-state index contributed by atoms with van der Waals surface area (Å²) in [6, 6.07) is 14.8. The van der Waals surface area contributed by atoms with E-state index in [9.17, 15) is 4.79 Å². The van der Waals surface area contributed by atoms with Gasteiger partial charge in [-0.05, 0) is 56.4 Å². The van der Waals surface area contributed by atoms with Crippen LogP contribution in [0.2, 0.25) is 0 Å². The Morgan fingerprint density at radius 1 is 1.10 bits per heavy atom. The molecule has 1 fully saturated rings. The third-order valence-corrected chi connectivity index (χ3v) is 6.34. The summed E-state index contributed by atoms with van der Waals surface area (Å²) in [5, 5.41) is 0. The molecule has 5 heteroatoms. The molecule has 0 radical (unpaired) electrons. The van der Waals surface area contributed by atoms with Crippen LogP contribution in [-0.2, 0) is 11.2 Å². The Bertz CT molecular complexity index is 882. The van der Waals surface area contributed by atoms with E-state index in [0.29, 0.717) is 12.6 Å². The lowest BCUT2D eigenvalue weighted by molar-refractivity contribution is -0.130. The van der Waals surface area contributed by atoms with Crippen molar-refractivity contribution in [1.29, 1.82) is 0 Å². The zero-order valence-electron chi connectivity index (χ0n) is 17.6. The van der Waals surface area contributed by atoms with Crippen LogP contribution in [0, 0.1) is 0 Å². The summed E-state index contributed by atoms with van der Waals surface area (Å²) in [4.78, 5) is 17.7. The first kappa shape index (κ1) is 19.6. The van der Waals surface area contributed by atoms with E-state index in [0.717, 1.165) is 49.3 Å². The van der Waals surface area contributed by atoms with Gasteiger partial charge in [-0.25, -0.2) is 0 Å². The number of carbonyl (C=O) groups is 1. The number of amides is 1. The van der Waals surface area contributed by atoms with Crippen molar-refractivity contribution < 1.29 is 14.3 Å². The molecule has 0 aliphatic carbocycles. The van der Waals surface area contributed by atoms with Crippen LogP contribution in [0.15, 0.2) is 42.5 Å². The zero-order valence-corrected chi connectivity index (χ0v) is 17.6. The van der Waals surface area contributed by atoms with Gasteiger partial charge < -0.3 is 19.3 Å². The molecule has 4 rings (SSSR count). The van der Waals surface area contributed by atoms with Gasteiger partial charge in [0.1, 0.15) is 11.5 Å². The Balaban J connectivity index is 1.56. The number of nitrogens with zero attached hydrogens (tertiary/aromatic N) is 2. The van der Waals surface area contributed by atoms with Crippen molar-refractivity contribution in [3.8, 4) is 11.5 Å². The Morgan fingerprint density at radius 2 is 1.93 bits per heavy atom. The second-order valence-electron chi connectivity index (χ2n) is 8.00. The summed E-state index contributed by atoms with van der Waals surface area (Å²) in [6.07, 6.45) is 4.13. The third kappa shape index (κ3) is 3.78. The lowest BCUT2D eigenvalue weighted by Gasteiger charge is -2.38. The molecule has 2 aliphatic heterocycles. The monoisotopic (exact) mass is 394 g/mol.